The molecule has 1 rings (SSSR count). The molecule has 1 aromatic heterocycles. The standard InChI is InChI=1S/C13H21N3O4/c1-13(2,3)20-12(19)15-9(11(17)18)5-6-10-14-7-8-16(10)4/h7-9H,5-6H2,1-4H3,(H,15,19)(H,17,18). The predicted molar refractivity (Wildman–Crippen MR) is 72.3 cm³/mol. The Balaban J connectivity index is 2.55. The SMILES string of the molecule is Cn1ccnc1CCC(NC(=O)OC(C)(C)C)C(=O)O. The van der Waals surface area contributed by atoms with Gasteiger partial charge in [0, 0.05) is 25.9 Å². The van der Waals surface area contributed by atoms with Crippen molar-refractivity contribution in [3.05, 3.63) is 18.2 Å². The van der Waals surface area contributed by atoms with E-state index < -0.39 is 23.7 Å². The zero-order chi connectivity index (χ0) is 15.3. The van der Waals surface area contributed by atoms with Crippen molar-refractivity contribution in [2.24, 2.45) is 7.05 Å². The van der Waals surface area contributed by atoms with Crippen LogP contribution in [0, 0.1) is 0 Å². The molecule has 7 heteroatoms. The maximum atomic E-state index is 11.6. The Bertz CT molecular complexity index is 476. The Kier molecular flexibility index (Phi) is 5.12. The monoisotopic (exact) mass is 283 g/mol. The van der Waals surface area contributed by atoms with Gasteiger partial charge in [-0.05, 0) is 27.2 Å². The number of hydrogen-bond acceptors (Lipinski definition) is 4. The summed E-state index contributed by atoms with van der Waals surface area (Å²) in [7, 11) is 1.83. The largest absolute Gasteiger partial charge is 0.480 e. The van der Waals surface area contributed by atoms with E-state index in [-0.39, 0.29) is 6.42 Å². The quantitative estimate of drug-likeness (QED) is 0.850. The fourth-order valence-electron chi connectivity index (χ4n) is 1.62. The molecule has 1 aromatic rings. The number of aryl methyl sites for hydroxylation is 2. The number of alkyl carbamates (subject to hydrolysis) is 1. The number of nitrogens with one attached hydrogen (secondary N) is 1. The van der Waals surface area contributed by atoms with E-state index in [2.05, 4.69) is 10.3 Å². The molecule has 1 heterocycles. The molecule has 20 heavy (non-hydrogen) atoms. The fraction of sp³-hybridized carbons (Fsp3) is 0.615. The van der Waals surface area contributed by atoms with Crippen LogP contribution >= 0.6 is 0 Å². The molecule has 0 saturated heterocycles. The second-order valence-corrected chi connectivity index (χ2v) is 5.53. The maximum absolute atomic E-state index is 11.6. The molecule has 0 bridgehead atoms. The molecule has 0 aliphatic rings. The van der Waals surface area contributed by atoms with Gasteiger partial charge in [0.1, 0.15) is 17.5 Å². The Morgan fingerprint density at radius 2 is 2.15 bits per heavy atom. The molecule has 0 aliphatic carbocycles. The van der Waals surface area contributed by atoms with Crippen molar-refractivity contribution < 1.29 is 19.4 Å². The zero-order valence-corrected chi connectivity index (χ0v) is 12.2. The molecule has 0 spiro atoms. The van der Waals surface area contributed by atoms with Crippen molar-refractivity contribution in [3.8, 4) is 0 Å². The number of imidazole rings is 1. The lowest BCUT2D eigenvalue weighted by molar-refractivity contribution is -0.139. The minimum absolute atomic E-state index is 0.249. The number of amides is 1. The van der Waals surface area contributed by atoms with Crippen LogP contribution < -0.4 is 5.32 Å². The van der Waals surface area contributed by atoms with E-state index in [9.17, 15) is 9.59 Å². The van der Waals surface area contributed by atoms with E-state index in [0.717, 1.165) is 5.82 Å². The van der Waals surface area contributed by atoms with E-state index in [1.165, 1.54) is 0 Å². The highest BCUT2D eigenvalue weighted by atomic mass is 16.6. The highest BCUT2D eigenvalue weighted by Crippen LogP contribution is 2.08. The first-order chi connectivity index (χ1) is 9.19. The molecule has 7 nitrogen and oxygen atoms in total. The predicted octanol–water partition coefficient (Wildman–Crippen LogP) is 1.33. The summed E-state index contributed by atoms with van der Waals surface area (Å²) in [5.41, 5.74) is -0.660. The summed E-state index contributed by atoms with van der Waals surface area (Å²) in [6.45, 7) is 5.16. The Morgan fingerprint density at radius 3 is 2.60 bits per heavy atom. The number of hydrogen-bond donors (Lipinski definition) is 2. The summed E-state index contributed by atoms with van der Waals surface area (Å²) < 4.78 is 6.86. The van der Waals surface area contributed by atoms with Gasteiger partial charge in [-0.2, -0.15) is 0 Å². The minimum Gasteiger partial charge on any atom is -0.480 e. The van der Waals surface area contributed by atoms with Gasteiger partial charge >= 0.3 is 12.1 Å². The van der Waals surface area contributed by atoms with Crippen molar-refractivity contribution in [1.29, 1.82) is 0 Å². The summed E-state index contributed by atoms with van der Waals surface area (Å²) >= 11 is 0. The first kappa shape index (κ1) is 16.0. The second-order valence-electron chi connectivity index (χ2n) is 5.53. The van der Waals surface area contributed by atoms with Crippen LogP contribution in [0.4, 0.5) is 4.79 Å². The summed E-state index contributed by atoms with van der Waals surface area (Å²) in [4.78, 5) is 26.8. The van der Waals surface area contributed by atoms with Crippen molar-refractivity contribution in [3.63, 3.8) is 0 Å². The van der Waals surface area contributed by atoms with E-state index in [4.69, 9.17) is 9.84 Å². The van der Waals surface area contributed by atoms with E-state index in [1.54, 1.807) is 33.2 Å². The second kappa shape index (κ2) is 6.40. The van der Waals surface area contributed by atoms with E-state index in [0.29, 0.717) is 6.42 Å². The molecule has 0 radical (unpaired) electrons. The van der Waals surface area contributed by atoms with E-state index in [1.807, 2.05) is 11.6 Å². The lowest BCUT2D eigenvalue weighted by Crippen LogP contribution is -2.43. The lowest BCUT2D eigenvalue weighted by atomic mass is 10.1. The Hall–Kier alpha value is -2.05. The van der Waals surface area contributed by atoms with Crippen molar-refractivity contribution in [1.82, 2.24) is 14.9 Å². The number of ether oxygens (including phenoxy) is 1. The Labute approximate surface area is 118 Å². The van der Waals surface area contributed by atoms with Crippen molar-refractivity contribution >= 4 is 12.1 Å². The molecule has 0 saturated carbocycles. The molecule has 0 aliphatic heterocycles. The van der Waals surface area contributed by atoms with Crippen LogP contribution in [-0.4, -0.2) is 38.4 Å². The molecule has 1 unspecified atom stereocenters. The molecule has 112 valence electrons. The average Bonchev–Trinajstić information content (AvgIpc) is 2.67. The smallest absolute Gasteiger partial charge is 0.408 e. The molecular formula is C13H21N3O4. The fourth-order valence-corrected chi connectivity index (χ4v) is 1.62. The number of nitrogens with zero attached hydrogens (tertiary/aromatic N) is 2. The van der Waals surface area contributed by atoms with Crippen LogP contribution in [0.15, 0.2) is 12.4 Å². The topological polar surface area (TPSA) is 93.5 Å². The number of aliphatic carboxylic acids is 1. The van der Waals surface area contributed by atoms with Crippen LogP contribution in [0.5, 0.6) is 0 Å². The number of carboxylic acids is 1. The van der Waals surface area contributed by atoms with Crippen LogP contribution in [0.2, 0.25) is 0 Å². The highest BCUT2D eigenvalue weighted by Gasteiger charge is 2.24. The number of aromatic nitrogens is 2. The molecular weight excluding hydrogens is 262 g/mol. The normalized spacial score (nSPS) is 12.8. The number of carboxylic acid groups (broad SMARTS) is 1. The Morgan fingerprint density at radius 1 is 1.50 bits per heavy atom. The third kappa shape index (κ3) is 5.29. The minimum atomic E-state index is -1.09. The van der Waals surface area contributed by atoms with Gasteiger partial charge in [0.05, 0.1) is 0 Å². The van der Waals surface area contributed by atoms with Gasteiger partial charge in [0.15, 0.2) is 0 Å². The van der Waals surface area contributed by atoms with Crippen LogP contribution in [0.25, 0.3) is 0 Å². The number of rotatable bonds is 5. The van der Waals surface area contributed by atoms with Gasteiger partial charge in [-0.25, -0.2) is 14.6 Å². The van der Waals surface area contributed by atoms with Gasteiger partial charge < -0.3 is 19.7 Å². The summed E-state index contributed by atoms with van der Waals surface area (Å²) in [6.07, 6.45) is 3.40. The van der Waals surface area contributed by atoms with Gasteiger partial charge in [-0.3, -0.25) is 0 Å². The first-order valence-electron chi connectivity index (χ1n) is 6.37. The molecule has 0 aromatic carbocycles. The molecule has 1 amide bonds. The summed E-state index contributed by atoms with van der Waals surface area (Å²) in [6, 6.07) is -0.999. The zero-order valence-electron chi connectivity index (χ0n) is 12.2. The number of carbonyl (C=O) groups is 2. The van der Waals surface area contributed by atoms with Crippen LogP contribution in [-0.2, 0) is 23.0 Å². The summed E-state index contributed by atoms with van der Waals surface area (Å²) in [5, 5.41) is 11.5. The number of carbonyl (C=O) groups excluding carboxylic acids is 1. The van der Waals surface area contributed by atoms with Gasteiger partial charge in [0.25, 0.3) is 0 Å². The third-order valence-corrected chi connectivity index (χ3v) is 2.57. The molecule has 2 N–H and O–H groups in total. The summed E-state index contributed by atoms with van der Waals surface area (Å²) in [5.74, 6) is -0.327. The maximum Gasteiger partial charge on any atom is 0.408 e. The van der Waals surface area contributed by atoms with E-state index >= 15 is 0 Å². The van der Waals surface area contributed by atoms with Crippen LogP contribution in [0.1, 0.15) is 33.0 Å². The molecule has 1 atom stereocenters. The van der Waals surface area contributed by atoms with Crippen molar-refractivity contribution in [2.75, 3.05) is 0 Å². The highest BCUT2D eigenvalue weighted by molar-refractivity contribution is 5.79. The lowest BCUT2D eigenvalue weighted by Gasteiger charge is -2.21. The van der Waals surface area contributed by atoms with Gasteiger partial charge in [-0.15, -0.1) is 0 Å². The first-order valence-corrected chi connectivity index (χ1v) is 6.37. The molecule has 0 fully saturated rings. The van der Waals surface area contributed by atoms with Crippen LogP contribution in [0.3, 0.4) is 0 Å². The third-order valence-electron chi connectivity index (χ3n) is 2.57. The van der Waals surface area contributed by atoms with Gasteiger partial charge in [-0.1, -0.05) is 0 Å². The average molecular weight is 283 g/mol. The van der Waals surface area contributed by atoms with Gasteiger partial charge in [0.2, 0.25) is 0 Å². The van der Waals surface area contributed by atoms with Crippen molar-refractivity contribution in [2.45, 2.75) is 45.3 Å².